The van der Waals surface area contributed by atoms with E-state index in [9.17, 15) is 14.7 Å². The van der Waals surface area contributed by atoms with E-state index in [1.807, 2.05) is 0 Å². The third-order valence-corrected chi connectivity index (χ3v) is 6.82. The molecule has 0 aliphatic carbocycles. The van der Waals surface area contributed by atoms with Crippen LogP contribution >= 0.6 is 11.3 Å². The number of carboxylic acids is 1. The zero-order valence-electron chi connectivity index (χ0n) is 19.1. The molecule has 3 N–H and O–H groups in total. The number of nitrogens with zero attached hydrogens (tertiary/aromatic N) is 4. The van der Waals surface area contributed by atoms with E-state index in [1.165, 1.54) is 5.56 Å². The van der Waals surface area contributed by atoms with E-state index in [0.717, 1.165) is 42.3 Å². The first kappa shape index (κ1) is 23.6. The number of thiazole rings is 1. The number of hydrogen-bond acceptors (Lipinski definition) is 8. The van der Waals surface area contributed by atoms with Crippen LogP contribution in [0.15, 0.2) is 29.6 Å². The lowest BCUT2D eigenvalue weighted by Crippen LogP contribution is -2.34. The number of aromatic nitrogens is 3. The Labute approximate surface area is 201 Å². The smallest absolute Gasteiger partial charge is 0.322 e. The van der Waals surface area contributed by atoms with Crippen molar-refractivity contribution in [1.82, 2.24) is 20.3 Å². The number of carboxylic acid groups (broad SMARTS) is 1. The minimum Gasteiger partial charge on any atom is -0.504 e. The number of anilines is 1. The molecule has 34 heavy (non-hydrogen) atoms. The Morgan fingerprint density at radius 3 is 2.50 bits per heavy atom. The Morgan fingerprint density at radius 2 is 1.82 bits per heavy atom. The predicted molar refractivity (Wildman–Crippen MR) is 129 cm³/mol. The summed E-state index contributed by atoms with van der Waals surface area (Å²) in [5.74, 6) is -1.40. The van der Waals surface area contributed by atoms with Gasteiger partial charge in [0.2, 0.25) is 0 Å². The van der Waals surface area contributed by atoms with Crippen LogP contribution in [-0.2, 0) is 11.2 Å². The van der Waals surface area contributed by atoms with Gasteiger partial charge in [-0.1, -0.05) is 29.8 Å². The maximum Gasteiger partial charge on any atom is 0.322 e. The second kappa shape index (κ2) is 10.2. The number of rotatable bonds is 7. The molecule has 1 saturated heterocycles. The number of piperidine rings is 1. The second-order valence-corrected chi connectivity index (χ2v) is 9.35. The maximum absolute atomic E-state index is 12.3. The molecule has 1 aromatic carbocycles. The minimum atomic E-state index is -1.17. The first-order valence-electron chi connectivity index (χ1n) is 11.1. The molecule has 0 bridgehead atoms. The Bertz CT molecular complexity index is 1190. The van der Waals surface area contributed by atoms with Crippen LogP contribution in [0.5, 0.6) is 5.75 Å². The molecule has 4 rings (SSSR count). The highest BCUT2D eigenvalue weighted by molar-refractivity contribution is 7.14. The molecule has 0 radical (unpaired) electrons. The van der Waals surface area contributed by atoms with Crippen LogP contribution < -0.4 is 10.2 Å². The number of carbonyl (C=O) groups excluding carboxylic acids is 1. The fourth-order valence-electron chi connectivity index (χ4n) is 3.97. The zero-order chi connectivity index (χ0) is 24.2. The van der Waals surface area contributed by atoms with Crippen molar-refractivity contribution in [1.29, 1.82) is 0 Å². The fourth-order valence-corrected chi connectivity index (χ4v) is 4.86. The molecule has 1 aliphatic rings. The standard InChI is InChI=1S/C24H27N5O4S/c1-14-3-5-17(6-4-14)18-13-34-24(27-18)29-9-7-16(8-10-29)11-19-26-15(2)22(32)21(28-19)23(33)25-12-20(30)31/h3-6,13,16,32H,7-12H2,1-2H3,(H,25,33)(H,30,31). The van der Waals surface area contributed by atoms with Crippen LogP contribution in [-0.4, -0.2) is 56.7 Å². The largest absolute Gasteiger partial charge is 0.504 e. The summed E-state index contributed by atoms with van der Waals surface area (Å²) in [6.45, 7) is 4.87. The highest BCUT2D eigenvalue weighted by Crippen LogP contribution is 2.31. The van der Waals surface area contributed by atoms with Crippen molar-refractivity contribution in [3.05, 3.63) is 52.4 Å². The van der Waals surface area contributed by atoms with E-state index in [-0.39, 0.29) is 11.4 Å². The van der Waals surface area contributed by atoms with Gasteiger partial charge in [0, 0.05) is 30.5 Å². The molecule has 1 amide bonds. The van der Waals surface area contributed by atoms with Crippen LogP contribution in [0.4, 0.5) is 5.13 Å². The predicted octanol–water partition coefficient (Wildman–Crippen LogP) is 3.20. The summed E-state index contributed by atoms with van der Waals surface area (Å²) < 4.78 is 0. The molecule has 0 atom stereocenters. The van der Waals surface area contributed by atoms with Crippen molar-refractivity contribution in [2.24, 2.45) is 5.92 Å². The molecule has 0 spiro atoms. The van der Waals surface area contributed by atoms with Gasteiger partial charge < -0.3 is 20.4 Å². The van der Waals surface area contributed by atoms with E-state index < -0.39 is 18.4 Å². The van der Waals surface area contributed by atoms with Crippen molar-refractivity contribution in [3.63, 3.8) is 0 Å². The van der Waals surface area contributed by atoms with Gasteiger partial charge in [-0.05, 0) is 32.6 Å². The summed E-state index contributed by atoms with van der Waals surface area (Å²) >= 11 is 1.65. The van der Waals surface area contributed by atoms with Crippen LogP contribution in [0.3, 0.4) is 0 Å². The molecule has 10 heteroatoms. The number of benzene rings is 1. The van der Waals surface area contributed by atoms with Crippen LogP contribution in [0.1, 0.15) is 40.4 Å². The van der Waals surface area contributed by atoms with Gasteiger partial charge in [-0.25, -0.2) is 15.0 Å². The Kier molecular flexibility index (Phi) is 7.06. The lowest BCUT2D eigenvalue weighted by atomic mass is 9.93. The first-order chi connectivity index (χ1) is 16.3. The summed E-state index contributed by atoms with van der Waals surface area (Å²) in [5, 5.41) is 24.3. The van der Waals surface area contributed by atoms with Gasteiger partial charge in [-0.15, -0.1) is 11.3 Å². The summed E-state index contributed by atoms with van der Waals surface area (Å²) in [6.07, 6.45) is 2.45. The quantitative estimate of drug-likeness (QED) is 0.469. The van der Waals surface area contributed by atoms with Crippen molar-refractivity contribution in [2.75, 3.05) is 24.5 Å². The van der Waals surface area contributed by atoms with E-state index in [4.69, 9.17) is 10.1 Å². The Hall–Kier alpha value is -3.53. The molecule has 0 unspecified atom stereocenters. The van der Waals surface area contributed by atoms with Crippen LogP contribution in [0.25, 0.3) is 11.3 Å². The average molecular weight is 482 g/mol. The second-order valence-electron chi connectivity index (χ2n) is 8.51. The van der Waals surface area contributed by atoms with Crippen molar-refractivity contribution in [2.45, 2.75) is 33.1 Å². The van der Waals surface area contributed by atoms with Crippen LogP contribution in [0, 0.1) is 19.8 Å². The molecule has 3 heterocycles. The van der Waals surface area contributed by atoms with Gasteiger partial charge in [-0.2, -0.15) is 0 Å². The average Bonchev–Trinajstić information content (AvgIpc) is 3.31. The fraction of sp³-hybridized carbons (Fsp3) is 0.375. The van der Waals surface area contributed by atoms with Crippen molar-refractivity contribution in [3.8, 4) is 17.0 Å². The van der Waals surface area contributed by atoms with Gasteiger partial charge in [-0.3, -0.25) is 9.59 Å². The monoisotopic (exact) mass is 481 g/mol. The number of aromatic hydroxyl groups is 1. The molecular weight excluding hydrogens is 454 g/mol. The normalized spacial score (nSPS) is 14.2. The molecule has 178 valence electrons. The lowest BCUT2D eigenvalue weighted by Gasteiger charge is -2.31. The number of carbonyl (C=O) groups is 2. The SMILES string of the molecule is Cc1ccc(-c2csc(N3CCC(Cc4nc(C)c(O)c(C(=O)NCC(=O)O)n4)CC3)n2)cc1. The number of aliphatic carboxylic acids is 1. The summed E-state index contributed by atoms with van der Waals surface area (Å²) in [7, 11) is 0. The topological polar surface area (TPSA) is 129 Å². The third kappa shape index (κ3) is 5.51. The molecule has 9 nitrogen and oxygen atoms in total. The van der Waals surface area contributed by atoms with Gasteiger partial charge in [0.1, 0.15) is 12.4 Å². The number of nitrogens with one attached hydrogen (secondary N) is 1. The summed E-state index contributed by atoms with van der Waals surface area (Å²) in [6, 6.07) is 8.37. The van der Waals surface area contributed by atoms with E-state index in [2.05, 4.69) is 56.8 Å². The van der Waals surface area contributed by atoms with E-state index >= 15 is 0 Å². The Morgan fingerprint density at radius 1 is 1.12 bits per heavy atom. The minimum absolute atomic E-state index is 0.187. The number of hydrogen-bond donors (Lipinski definition) is 3. The van der Waals surface area contributed by atoms with E-state index in [0.29, 0.717) is 23.9 Å². The van der Waals surface area contributed by atoms with Crippen LogP contribution in [0.2, 0.25) is 0 Å². The maximum atomic E-state index is 12.3. The number of amides is 1. The summed E-state index contributed by atoms with van der Waals surface area (Å²) in [5.41, 5.74) is 3.44. The number of aryl methyl sites for hydroxylation is 2. The third-order valence-electron chi connectivity index (χ3n) is 5.92. The lowest BCUT2D eigenvalue weighted by molar-refractivity contribution is -0.135. The van der Waals surface area contributed by atoms with Gasteiger partial charge in [0.05, 0.1) is 11.4 Å². The van der Waals surface area contributed by atoms with Gasteiger partial charge in [0.25, 0.3) is 5.91 Å². The molecular formula is C24H27N5O4S. The molecule has 1 aliphatic heterocycles. The highest BCUT2D eigenvalue weighted by atomic mass is 32.1. The molecule has 2 aromatic heterocycles. The first-order valence-corrected chi connectivity index (χ1v) is 12.0. The van der Waals surface area contributed by atoms with Gasteiger partial charge in [0.15, 0.2) is 16.6 Å². The van der Waals surface area contributed by atoms with E-state index in [1.54, 1.807) is 18.3 Å². The molecule has 3 aromatic rings. The molecule has 0 saturated carbocycles. The zero-order valence-corrected chi connectivity index (χ0v) is 19.9. The van der Waals surface area contributed by atoms with Crippen molar-refractivity contribution >= 4 is 28.3 Å². The Balaban J connectivity index is 1.37. The van der Waals surface area contributed by atoms with Gasteiger partial charge >= 0.3 is 5.97 Å². The van der Waals surface area contributed by atoms with Crippen molar-refractivity contribution < 1.29 is 19.8 Å². The highest BCUT2D eigenvalue weighted by Gasteiger charge is 2.24. The molecule has 1 fully saturated rings. The summed E-state index contributed by atoms with van der Waals surface area (Å²) in [4.78, 5) is 38.7.